The standard InChI is InChI=1S/C22H30N4S2/c1-3-5-7-9-11-17-13-15-27-19(17)21-23-25-22(26-24-21)20-18(14-16-28-20)12-10-8-6-4-2/h13-16H,3-12H2,1-2H3. The van der Waals surface area contributed by atoms with E-state index < -0.39 is 0 Å². The summed E-state index contributed by atoms with van der Waals surface area (Å²) in [5, 5.41) is 21.9. The summed E-state index contributed by atoms with van der Waals surface area (Å²) in [6, 6.07) is 4.38. The molecular formula is C22H30N4S2. The van der Waals surface area contributed by atoms with E-state index in [-0.39, 0.29) is 0 Å². The van der Waals surface area contributed by atoms with Crippen LogP contribution in [0.1, 0.15) is 76.3 Å². The lowest BCUT2D eigenvalue weighted by Gasteiger charge is -2.04. The summed E-state index contributed by atoms with van der Waals surface area (Å²) in [7, 11) is 0. The predicted octanol–water partition coefficient (Wildman–Crippen LogP) is 6.97. The lowest BCUT2D eigenvalue weighted by atomic mass is 10.1. The molecule has 4 nitrogen and oxygen atoms in total. The number of unbranched alkanes of at least 4 members (excludes halogenated alkanes) is 6. The van der Waals surface area contributed by atoms with Crippen molar-refractivity contribution in [2.75, 3.05) is 0 Å². The lowest BCUT2D eigenvalue weighted by molar-refractivity contribution is 0.667. The van der Waals surface area contributed by atoms with Gasteiger partial charge in [-0.15, -0.1) is 43.1 Å². The van der Waals surface area contributed by atoms with Crippen LogP contribution in [0.2, 0.25) is 0 Å². The molecule has 28 heavy (non-hydrogen) atoms. The van der Waals surface area contributed by atoms with E-state index in [0.717, 1.165) is 22.6 Å². The van der Waals surface area contributed by atoms with Crippen molar-refractivity contribution < 1.29 is 0 Å². The zero-order valence-electron chi connectivity index (χ0n) is 17.0. The zero-order chi connectivity index (χ0) is 19.6. The monoisotopic (exact) mass is 414 g/mol. The van der Waals surface area contributed by atoms with Gasteiger partial charge in [0.15, 0.2) is 0 Å². The number of aromatic nitrogens is 4. The van der Waals surface area contributed by atoms with E-state index >= 15 is 0 Å². The smallest absolute Gasteiger partial charge is 0.140 e. The van der Waals surface area contributed by atoms with Gasteiger partial charge in [-0.1, -0.05) is 52.4 Å². The molecule has 0 aromatic carbocycles. The summed E-state index contributed by atoms with van der Waals surface area (Å²) < 4.78 is 0. The molecule has 3 heterocycles. The van der Waals surface area contributed by atoms with E-state index in [1.54, 1.807) is 22.7 Å². The molecule has 0 spiro atoms. The van der Waals surface area contributed by atoms with E-state index in [0.29, 0.717) is 11.6 Å². The van der Waals surface area contributed by atoms with Gasteiger partial charge in [0.2, 0.25) is 11.6 Å². The van der Waals surface area contributed by atoms with Crippen LogP contribution < -0.4 is 0 Å². The Balaban J connectivity index is 1.67. The number of aryl methyl sites for hydroxylation is 2. The maximum absolute atomic E-state index is 4.43. The quantitative estimate of drug-likeness (QED) is 0.300. The summed E-state index contributed by atoms with van der Waals surface area (Å²) >= 11 is 3.37. The average Bonchev–Trinajstić information content (AvgIpc) is 3.38. The van der Waals surface area contributed by atoms with Crippen molar-refractivity contribution in [3.63, 3.8) is 0 Å². The molecule has 0 aliphatic carbocycles. The Labute approximate surface area is 176 Å². The third-order valence-corrected chi connectivity index (χ3v) is 6.88. The second-order valence-electron chi connectivity index (χ2n) is 7.22. The molecule has 0 saturated heterocycles. The van der Waals surface area contributed by atoms with Gasteiger partial charge < -0.3 is 0 Å². The van der Waals surface area contributed by atoms with Gasteiger partial charge in [-0.2, -0.15) is 0 Å². The first-order valence-corrected chi connectivity index (χ1v) is 12.3. The normalized spacial score (nSPS) is 11.2. The Hall–Kier alpha value is -1.66. The van der Waals surface area contributed by atoms with Crippen molar-refractivity contribution in [2.24, 2.45) is 0 Å². The first kappa shape index (κ1) is 21.1. The topological polar surface area (TPSA) is 51.6 Å². The molecule has 0 unspecified atom stereocenters. The largest absolute Gasteiger partial charge is 0.213 e. The molecule has 0 atom stereocenters. The number of rotatable bonds is 12. The van der Waals surface area contributed by atoms with Crippen molar-refractivity contribution in [1.29, 1.82) is 0 Å². The van der Waals surface area contributed by atoms with E-state index in [2.05, 4.69) is 57.1 Å². The van der Waals surface area contributed by atoms with Gasteiger partial charge >= 0.3 is 0 Å². The van der Waals surface area contributed by atoms with Crippen LogP contribution in [0.25, 0.3) is 21.4 Å². The Kier molecular flexibility index (Phi) is 8.55. The van der Waals surface area contributed by atoms with Crippen LogP contribution in [0.15, 0.2) is 22.9 Å². The minimum Gasteiger partial charge on any atom is -0.140 e. The SMILES string of the molecule is CCCCCCc1ccsc1-c1nnc(-c2sccc2CCCCCC)nn1. The van der Waals surface area contributed by atoms with Gasteiger partial charge in [-0.05, 0) is 59.7 Å². The fourth-order valence-electron chi connectivity index (χ4n) is 3.35. The van der Waals surface area contributed by atoms with E-state index in [1.807, 2.05) is 0 Å². The molecule has 3 aromatic heterocycles. The van der Waals surface area contributed by atoms with Crippen molar-refractivity contribution in [3.8, 4) is 21.4 Å². The molecule has 0 aliphatic heterocycles. The van der Waals surface area contributed by atoms with Crippen molar-refractivity contribution >= 4 is 22.7 Å². The van der Waals surface area contributed by atoms with E-state index in [1.165, 1.54) is 62.5 Å². The van der Waals surface area contributed by atoms with Gasteiger partial charge in [0.25, 0.3) is 0 Å². The van der Waals surface area contributed by atoms with E-state index in [4.69, 9.17) is 0 Å². The first-order chi connectivity index (χ1) is 13.8. The summed E-state index contributed by atoms with van der Waals surface area (Å²) in [6.45, 7) is 4.49. The number of thiophene rings is 2. The third kappa shape index (κ3) is 5.67. The van der Waals surface area contributed by atoms with Crippen LogP contribution >= 0.6 is 22.7 Å². The van der Waals surface area contributed by atoms with Crippen LogP contribution in [-0.2, 0) is 12.8 Å². The molecule has 0 amide bonds. The Morgan fingerprint density at radius 1 is 0.607 bits per heavy atom. The van der Waals surface area contributed by atoms with E-state index in [9.17, 15) is 0 Å². The number of nitrogens with zero attached hydrogens (tertiary/aromatic N) is 4. The van der Waals surface area contributed by atoms with Crippen LogP contribution in [-0.4, -0.2) is 20.4 Å². The average molecular weight is 415 g/mol. The maximum Gasteiger partial charge on any atom is 0.213 e. The third-order valence-electron chi connectivity index (χ3n) is 4.98. The van der Waals surface area contributed by atoms with Crippen LogP contribution in [0.5, 0.6) is 0 Å². The molecule has 0 saturated carbocycles. The van der Waals surface area contributed by atoms with Gasteiger partial charge in [-0.25, -0.2) is 0 Å². The van der Waals surface area contributed by atoms with Crippen molar-refractivity contribution in [3.05, 3.63) is 34.0 Å². The Bertz CT molecular complexity index is 754. The Morgan fingerprint density at radius 2 is 1.04 bits per heavy atom. The zero-order valence-corrected chi connectivity index (χ0v) is 18.6. The molecule has 3 rings (SSSR count). The van der Waals surface area contributed by atoms with Crippen molar-refractivity contribution in [2.45, 2.75) is 78.1 Å². The molecule has 0 bridgehead atoms. The molecule has 3 aromatic rings. The second kappa shape index (κ2) is 11.4. The summed E-state index contributed by atoms with van der Waals surface area (Å²) in [5.74, 6) is 1.32. The highest BCUT2D eigenvalue weighted by atomic mass is 32.1. The predicted molar refractivity (Wildman–Crippen MR) is 120 cm³/mol. The van der Waals surface area contributed by atoms with Gasteiger partial charge in [0.05, 0.1) is 9.75 Å². The molecule has 150 valence electrons. The minimum absolute atomic E-state index is 0.658. The van der Waals surface area contributed by atoms with Crippen LogP contribution in [0, 0.1) is 0 Å². The highest BCUT2D eigenvalue weighted by Crippen LogP contribution is 2.30. The maximum atomic E-state index is 4.43. The molecule has 0 N–H and O–H groups in total. The van der Waals surface area contributed by atoms with Gasteiger partial charge in [0, 0.05) is 0 Å². The summed E-state index contributed by atoms with van der Waals surface area (Å²) in [4.78, 5) is 2.24. The number of hydrogen-bond acceptors (Lipinski definition) is 6. The van der Waals surface area contributed by atoms with Crippen molar-refractivity contribution in [1.82, 2.24) is 20.4 Å². The highest BCUT2D eigenvalue weighted by molar-refractivity contribution is 7.14. The summed E-state index contributed by atoms with van der Waals surface area (Å²) in [6.07, 6.45) is 12.3. The molecule has 0 radical (unpaired) electrons. The number of hydrogen-bond donors (Lipinski definition) is 0. The molecule has 0 aliphatic rings. The molecule has 0 fully saturated rings. The molecule has 6 heteroatoms. The fourth-order valence-corrected chi connectivity index (χ4v) is 5.11. The second-order valence-corrected chi connectivity index (χ2v) is 9.05. The van der Waals surface area contributed by atoms with Gasteiger partial charge in [-0.3, -0.25) is 0 Å². The first-order valence-electron chi connectivity index (χ1n) is 10.5. The minimum atomic E-state index is 0.658. The van der Waals surface area contributed by atoms with Crippen LogP contribution in [0.4, 0.5) is 0 Å². The summed E-state index contributed by atoms with van der Waals surface area (Å²) in [5.41, 5.74) is 2.65. The molecular weight excluding hydrogens is 384 g/mol. The highest BCUT2D eigenvalue weighted by Gasteiger charge is 2.14. The van der Waals surface area contributed by atoms with Gasteiger partial charge in [0.1, 0.15) is 0 Å². The van der Waals surface area contributed by atoms with Crippen LogP contribution in [0.3, 0.4) is 0 Å². The fraction of sp³-hybridized carbons (Fsp3) is 0.545. The Morgan fingerprint density at radius 3 is 1.43 bits per heavy atom. The lowest BCUT2D eigenvalue weighted by Crippen LogP contribution is -2.00.